The summed E-state index contributed by atoms with van der Waals surface area (Å²) in [6.45, 7) is 3.44. The first-order valence-electron chi connectivity index (χ1n) is 3.76. The fraction of sp³-hybridized carbons (Fsp3) is 0.571. The minimum atomic E-state index is -4.29. The number of hydrogen-bond donors (Lipinski definition) is 2. The Morgan fingerprint density at radius 2 is 2.00 bits per heavy atom. The zero-order chi connectivity index (χ0) is 10.6. The fourth-order valence-electron chi connectivity index (χ4n) is 0.797. The fourth-order valence-corrected chi connectivity index (χ4v) is 1.47. The predicted molar refractivity (Wildman–Crippen MR) is 54.0 cm³/mol. The van der Waals surface area contributed by atoms with Crippen molar-refractivity contribution in [3.05, 3.63) is 11.0 Å². The van der Waals surface area contributed by atoms with Crippen LogP contribution in [0.25, 0.3) is 0 Å². The number of primary amides is 1. The van der Waals surface area contributed by atoms with Crippen LogP contribution in [0.2, 0.25) is 0 Å². The second-order valence-electron chi connectivity index (χ2n) is 2.76. The normalized spacial score (nSPS) is 14.4. The van der Waals surface area contributed by atoms with Gasteiger partial charge in [-0.3, -0.25) is 9.35 Å². The maximum absolute atomic E-state index is 10.8. The van der Waals surface area contributed by atoms with Crippen LogP contribution in [-0.4, -0.2) is 48.4 Å². The summed E-state index contributed by atoms with van der Waals surface area (Å²) in [7, 11) is -4.29. The van der Waals surface area contributed by atoms with Crippen molar-refractivity contribution in [2.75, 3.05) is 0 Å². The van der Waals surface area contributed by atoms with Crippen LogP contribution in [0.3, 0.4) is 0 Å². The summed E-state index contributed by atoms with van der Waals surface area (Å²) in [4.78, 5) is 10.8. The van der Waals surface area contributed by atoms with Gasteiger partial charge in [0.25, 0.3) is 10.1 Å². The number of carbonyl (C=O) groups excluding carboxylic acids is 1. The molecule has 0 saturated carbocycles. The zero-order valence-corrected chi connectivity index (χ0v) is 11.3. The first kappa shape index (κ1) is 16.5. The van der Waals surface area contributed by atoms with Gasteiger partial charge in [-0.2, -0.15) is 8.42 Å². The van der Waals surface area contributed by atoms with E-state index in [1.807, 2.05) is 0 Å². The second-order valence-corrected chi connectivity index (χ2v) is 4.03. The number of hydrogen-bond acceptors (Lipinski definition) is 3. The molecule has 14 heavy (non-hydrogen) atoms. The standard InChI is InChI=1S/C7H13NO4S.Na/c1-3-5(2)6(7(8)9)4-13(10,11)12;/h4-5H,3H2,1-2H3,(H2,8,9)(H,10,11,12);. The molecule has 0 aromatic rings. The van der Waals surface area contributed by atoms with E-state index in [1.54, 1.807) is 13.8 Å². The van der Waals surface area contributed by atoms with E-state index in [-0.39, 0.29) is 41.0 Å². The number of nitrogens with two attached hydrogens (primary N) is 1. The summed E-state index contributed by atoms with van der Waals surface area (Å²) in [5, 5.41) is 0.503. The number of amides is 1. The molecular formula is C7H13NNaO4S. The van der Waals surface area contributed by atoms with Gasteiger partial charge < -0.3 is 5.73 Å². The molecule has 0 aromatic heterocycles. The van der Waals surface area contributed by atoms with E-state index in [0.29, 0.717) is 11.8 Å². The maximum Gasteiger partial charge on any atom is 0.288 e. The van der Waals surface area contributed by atoms with Crippen LogP contribution in [0.5, 0.6) is 0 Å². The van der Waals surface area contributed by atoms with Crippen molar-refractivity contribution in [1.82, 2.24) is 0 Å². The maximum atomic E-state index is 10.8. The second kappa shape index (κ2) is 6.58. The van der Waals surface area contributed by atoms with E-state index in [1.165, 1.54) is 0 Å². The van der Waals surface area contributed by atoms with Crippen molar-refractivity contribution in [1.29, 1.82) is 0 Å². The van der Waals surface area contributed by atoms with Crippen LogP contribution in [0, 0.1) is 5.92 Å². The van der Waals surface area contributed by atoms with E-state index < -0.39 is 16.0 Å². The molecule has 0 rings (SSSR count). The predicted octanol–water partition coefficient (Wildman–Crippen LogP) is -0.0913. The Bertz CT molecular complexity index is 323. The third-order valence-corrected chi connectivity index (χ3v) is 2.26. The van der Waals surface area contributed by atoms with Gasteiger partial charge in [-0.05, 0) is 12.3 Å². The average molecular weight is 230 g/mol. The monoisotopic (exact) mass is 230 g/mol. The van der Waals surface area contributed by atoms with Crippen molar-refractivity contribution in [2.45, 2.75) is 20.3 Å². The van der Waals surface area contributed by atoms with Crippen LogP contribution < -0.4 is 5.73 Å². The minimum absolute atomic E-state index is 0. The van der Waals surface area contributed by atoms with E-state index in [4.69, 9.17) is 10.3 Å². The van der Waals surface area contributed by atoms with Crippen molar-refractivity contribution < 1.29 is 17.8 Å². The molecule has 0 heterocycles. The molecule has 1 amide bonds. The summed E-state index contributed by atoms with van der Waals surface area (Å²) in [5.41, 5.74) is 4.86. The first-order chi connectivity index (χ1) is 5.78. The van der Waals surface area contributed by atoms with E-state index in [9.17, 15) is 13.2 Å². The number of rotatable bonds is 4. The summed E-state index contributed by atoms with van der Waals surface area (Å²) in [6.07, 6.45) is 0.574. The van der Waals surface area contributed by atoms with Crippen molar-refractivity contribution in [2.24, 2.45) is 11.7 Å². The van der Waals surface area contributed by atoms with Crippen LogP contribution in [0.4, 0.5) is 0 Å². The topological polar surface area (TPSA) is 97.5 Å². The molecule has 0 aliphatic heterocycles. The van der Waals surface area contributed by atoms with Crippen molar-refractivity contribution in [3.8, 4) is 0 Å². The van der Waals surface area contributed by atoms with Crippen LogP contribution in [0.15, 0.2) is 11.0 Å². The molecule has 77 valence electrons. The molecular weight excluding hydrogens is 217 g/mol. The Morgan fingerprint density at radius 3 is 2.21 bits per heavy atom. The van der Waals surface area contributed by atoms with Gasteiger partial charge in [-0.15, -0.1) is 0 Å². The molecule has 0 spiro atoms. The molecule has 0 aromatic carbocycles. The molecule has 0 saturated heterocycles. The minimum Gasteiger partial charge on any atom is -0.366 e. The van der Waals surface area contributed by atoms with Gasteiger partial charge in [0.2, 0.25) is 5.91 Å². The summed E-state index contributed by atoms with van der Waals surface area (Å²) >= 11 is 0. The molecule has 0 fully saturated rings. The molecule has 0 bridgehead atoms. The first-order valence-corrected chi connectivity index (χ1v) is 5.27. The largest absolute Gasteiger partial charge is 0.366 e. The molecule has 5 nitrogen and oxygen atoms in total. The van der Waals surface area contributed by atoms with Crippen LogP contribution in [-0.2, 0) is 14.9 Å². The summed E-state index contributed by atoms with van der Waals surface area (Å²) < 4.78 is 29.3. The summed E-state index contributed by atoms with van der Waals surface area (Å²) in [6, 6.07) is 0. The van der Waals surface area contributed by atoms with Crippen LogP contribution in [0.1, 0.15) is 20.3 Å². The molecule has 3 N–H and O–H groups in total. The molecule has 1 atom stereocenters. The van der Waals surface area contributed by atoms with Crippen molar-refractivity contribution in [3.63, 3.8) is 0 Å². The Labute approximate surface area is 106 Å². The van der Waals surface area contributed by atoms with Gasteiger partial charge in [0, 0.05) is 35.1 Å². The van der Waals surface area contributed by atoms with Gasteiger partial charge in [0.05, 0.1) is 5.41 Å². The Hall–Kier alpha value is 0.120. The van der Waals surface area contributed by atoms with E-state index in [2.05, 4.69) is 0 Å². The molecule has 0 aliphatic carbocycles. The third kappa shape index (κ3) is 6.56. The van der Waals surface area contributed by atoms with Gasteiger partial charge in [0.1, 0.15) is 0 Å². The summed E-state index contributed by atoms with van der Waals surface area (Å²) in [5.74, 6) is -1.11. The third-order valence-electron chi connectivity index (χ3n) is 1.70. The Balaban J connectivity index is 0. The van der Waals surface area contributed by atoms with E-state index in [0.717, 1.165) is 0 Å². The molecule has 7 heteroatoms. The Kier molecular flexibility index (Phi) is 7.77. The van der Waals surface area contributed by atoms with E-state index >= 15 is 0 Å². The quantitative estimate of drug-likeness (QED) is 0.400. The Morgan fingerprint density at radius 1 is 1.57 bits per heavy atom. The zero-order valence-electron chi connectivity index (χ0n) is 8.52. The SMILES string of the molecule is CCC(C)C(=CS(=O)(=O)O)C(N)=O.[Na]. The smallest absolute Gasteiger partial charge is 0.288 e. The van der Waals surface area contributed by atoms with Crippen LogP contribution >= 0.6 is 0 Å². The van der Waals surface area contributed by atoms with Gasteiger partial charge >= 0.3 is 0 Å². The molecule has 1 radical (unpaired) electrons. The van der Waals surface area contributed by atoms with Gasteiger partial charge in [-0.25, -0.2) is 0 Å². The van der Waals surface area contributed by atoms with Crippen molar-refractivity contribution >= 4 is 45.6 Å². The van der Waals surface area contributed by atoms with Gasteiger partial charge in [0.15, 0.2) is 0 Å². The molecule has 0 aliphatic rings. The number of carbonyl (C=O) groups is 1. The average Bonchev–Trinajstić information content (AvgIpc) is 1.96. The van der Waals surface area contributed by atoms with Gasteiger partial charge in [-0.1, -0.05) is 13.8 Å². The molecule has 1 unspecified atom stereocenters.